The summed E-state index contributed by atoms with van der Waals surface area (Å²) in [5.74, 6) is 0. The van der Waals surface area contributed by atoms with Crippen LogP contribution in [0.15, 0.2) is 40.3 Å². The smallest absolute Gasteiger partial charge is 0.251 e. The van der Waals surface area contributed by atoms with E-state index >= 15 is 0 Å². The van der Waals surface area contributed by atoms with Gasteiger partial charge in [0.05, 0.1) is 5.69 Å². The number of nitrogens with one attached hydrogen (secondary N) is 1. The Balaban J connectivity index is 2.19. The van der Waals surface area contributed by atoms with Crippen LogP contribution in [0.25, 0.3) is 0 Å². The van der Waals surface area contributed by atoms with Gasteiger partial charge in [0.15, 0.2) is 5.16 Å². The van der Waals surface area contributed by atoms with Crippen LogP contribution in [-0.4, -0.2) is 15.2 Å². The first-order chi connectivity index (χ1) is 9.56. The maximum atomic E-state index is 11.7. The van der Waals surface area contributed by atoms with E-state index in [4.69, 9.17) is 0 Å². The second-order valence-corrected chi connectivity index (χ2v) is 6.47. The predicted molar refractivity (Wildman–Crippen MR) is 84.5 cm³/mol. The lowest BCUT2D eigenvalue weighted by atomic mass is 10.1. The zero-order valence-electron chi connectivity index (χ0n) is 12.1. The van der Waals surface area contributed by atoms with Gasteiger partial charge in [0.25, 0.3) is 5.56 Å². The third-order valence-electron chi connectivity index (χ3n) is 3.17. The molecule has 0 saturated heterocycles. The van der Waals surface area contributed by atoms with Gasteiger partial charge in [-0.1, -0.05) is 55.4 Å². The van der Waals surface area contributed by atoms with Gasteiger partial charge >= 0.3 is 0 Å². The summed E-state index contributed by atoms with van der Waals surface area (Å²) in [7, 11) is 0. The quantitative estimate of drug-likeness (QED) is 0.676. The van der Waals surface area contributed by atoms with E-state index in [0.29, 0.717) is 16.8 Å². The Bertz CT molecular complexity index is 619. The summed E-state index contributed by atoms with van der Waals surface area (Å²) in [6.07, 6.45) is 1.74. The third-order valence-corrected chi connectivity index (χ3v) is 4.32. The van der Waals surface area contributed by atoms with Gasteiger partial charge < -0.3 is 4.98 Å². The molecule has 1 atom stereocenters. The molecule has 0 amide bonds. The molecule has 0 aliphatic carbocycles. The molecule has 0 bridgehead atoms. The normalized spacial score (nSPS) is 12.3. The average Bonchev–Trinajstić information content (AvgIpc) is 2.40. The van der Waals surface area contributed by atoms with Crippen LogP contribution >= 0.6 is 11.8 Å². The van der Waals surface area contributed by atoms with Crippen molar-refractivity contribution in [3.63, 3.8) is 0 Å². The lowest BCUT2D eigenvalue weighted by Crippen LogP contribution is -2.11. The van der Waals surface area contributed by atoms with E-state index in [-0.39, 0.29) is 5.56 Å². The molecule has 4 heteroatoms. The molecule has 2 rings (SSSR count). The van der Waals surface area contributed by atoms with Crippen molar-refractivity contribution in [3.05, 3.63) is 57.5 Å². The molecule has 1 aromatic heterocycles. The van der Waals surface area contributed by atoms with Crippen molar-refractivity contribution in [1.82, 2.24) is 9.97 Å². The topological polar surface area (TPSA) is 45.8 Å². The van der Waals surface area contributed by atoms with Crippen LogP contribution in [-0.2, 0) is 6.42 Å². The molecule has 1 heterocycles. The van der Waals surface area contributed by atoms with Gasteiger partial charge in [-0.15, -0.1) is 0 Å². The van der Waals surface area contributed by atoms with E-state index in [0.717, 1.165) is 12.1 Å². The Morgan fingerprint density at radius 3 is 2.65 bits per heavy atom. The van der Waals surface area contributed by atoms with Crippen molar-refractivity contribution < 1.29 is 0 Å². The molecule has 0 radical (unpaired) electrons. The summed E-state index contributed by atoms with van der Waals surface area (Å²) >= 11 is 1.62. The largest absolute Gasteiger partial charge is 0.301 e. The summed E-state index contributed by atoms with van der Waals surface area (Å²) in [4.78, 5) is 19.1. The lowest BCUT2D eigenvalue weighted by Gasteiger charge is -2.08. The van der Waals surface area contributed by atoms with E-state index in [9.17, 15) is 4.79 Å². The molecule has 3 nitrogen and oxygen atoms in total. The number of benzene rings is 1. The first-order valence-corrected chi connectivity index (χ1v) is 7.77. The fraction of sp³-hybridized carbons (Fsp3) is 0.375. The highest BCUT2D eigenvalue weighted by atomic mass is 32.2. The Labute approximate surface area is 123 Å². The van der Waals surface area contributed by atoms with Gasteiger partial charge in [-0.05, 0) is 18.9 Å². The van der Waals surface area contributed by atoms with Crippen molar-refractivity contribution in [2.45, 2.75) is 44.0 Å². The molecule has 1 aromatic carbocycles. The summed E-state index contributed by atoms with van der Waals surface area (Å²) in [5.41, 5.74) is 3.16. The van der Waals surface area contributed by atoms with E-state index in [1.165, 1.54) is 11.1 Å². The zero-order chi connectivity index (χ0) is 14.5. The number of thioether (sulfide) groups is 1. The minimum atomic E-state index is -0.0760. The highest BCUT2D eigenvalue weighted by Gasteiger charge is 2.07. The molecular formula is C16H20N2OS. The Hall–Kier alpha value is -1.55. The predicted octanol–water partition coefficient (Wildman–Crippen LogP) is 3.56. The van der Waals surface area contributed by atoms with Crippen LogP contribution in [0, 0.1) is 6.92 Å². The SMILES string of the molecule is CCC(C)Sc1nc(Cc2ccc(C)cc2)cc(=O)[nH]1. The summed E-state index contributed by atoms with van der Waals surface area (Å²) in [6, 6.07) is 9.91. The van der Waals surface area contributed by atoms with E-state index in [1.807, 2.05) is 0 Å². The molecular weight excluding hydrogens is 268 g/mol. The first kappa shape index (κ1) is 14.9. The maximum Gasteiger partial charge on any atom is 0.251 e. The summed E-state index contributed by atoms with van der Waals surface area (Å²) in [5, 5.41) is 1.17. The zero-order valence-corrected chi connectivity index (χ0v) is 13.0. The molecule has 1 unspecified atom stereocenters. The molecule has 0 fully saturated rings. The number of hydrogen-bond acceptors (Lipinski definition) is 3. The first-order valence-electron chi connectivity index (χ1n) is 6.89. The average molecular weight is 288 g/mol. The fourth-order valence-corrected chi connectivity index (χ4v) is 2.70. The standard InChI is InChI=1S/C16H20N2OS/c1-4-12(3)20-16-17-14(10-15(19)18-16)9-13-7-5-11(2)6-8-13/h5-8,10,12H,4,9H2,1-3H3,(H,17,18,19). The number of aryl methyl sites for hydroxylation is 1. The molecule has 20 heavy (non-hydrogen) atoms. The van der Waals surface area contributed by atoms with Crippen LogP contribution in [0.4, 0.5) is 0 Å². The summed E-state index contributed by atoms with van der Waals surface area (Å²) < 4.78 is 0. The molecule has 0 aliphatic rings. The monoisotopic (exact) mass is 288 g/mol. The Morgan fingerprint density at radius 1 is 1.30 bits per heavy atom. The minimum Gasteiger partial charge on any atom is -0.301 e. The minimum absolute atomic E-state index is 0.0760. The van der Waals surface area contributed by atoms with Crippen molar-refractivity contribution in [1.29, 1.82) is 0 Å². The molecule has 0 spiro atoms. The van der Waals surface area contributed by atoms with Crippen LogP contribution in [0.1, 0.15) is 37.1 Å². The molecule has 1 N–H and O–H groups in total. The number of H-pyrrole nitrogens is 1. The third kappa shape index (κ3) is 4.23. The fourth-order valence-electron chi connectivity index (χ4n) is 1.82. The van der Waals surface area contributed by atoms with Crippen LogP contribution in [0.3, 0.4) is 0 Å². The van der Waals surface area contributed by atoms with Gasteiger partial charge in [0, 0.05) is 17.7 Å². The Kier molecular flexibility index (Phi) is 5.01. The second kappa shape index (κ2) is 6.75. The van der Waals surface area contributed by atoms with Crippen molar-refractivity contribution in [2.24, 2.45) is 0 Å². The van der Waals surface area contributed by atoms with E-state index < -0.39 is 0 Å². The van der Waals surface area contributed by atoms with Gasteiger partial charge in [-0.3, -0.25) is 4.79 Å². The number of aromatic nitrogens is 2. The highest BCUT2D eigenvalue weighted by molar-refractivity contribution is 7.99. The number of hydrogen-bond donors (Lipinski definition) is 1. The van der Waals surface area contributed by atoms with Gasteiger partial charge in [-0.2, -0.15) is 0 Å². The van der Waals surface area contributed by atoms with Gasteiger partial charge in [-0.25, -0.2) is 4.98 Å². The van der Waals surface area contributed by atoms with Gasteiger partial charge in [0.1, 0.15) is 0 Å². The van der Waals surface area contributed by atoms with Crippen LogP contribution < -0.4 is 5.56 Å². The Morgan fingerprint density at radius 2 is 2.00 bits per heavy atom. The van der Waals surface area contributed by atoms with Crippen molar-refractivity contribution >= 4 is 11.8 Å². The molecule has 106 valence electrons. The highest BCUT2D eigenvalue weighted by Crippen LogP contribution is 2.20. The van der Waals surface area contributed by atoms with Crippen molar-refractivity contribution in [2.75, 3.05) is 0 Å². The molecule has 0 aliphatic heterocycles. The van der Waals surface area contributed by atoms with Crippen LogP contribution in [0.5, 0.6) is 0 Å². The lowest BCUT2D eigenvalue weighted by molar-refractivity contribution is 0.853. The molecule has 0 saturated carbocycles. The van der Waals surface area contributed by atoms with Gasteiger partial charge in [0.2, 0.25) is 0 Å². The number of nitrogens with zero attached hydrogens (tertiary/aromatic N) is 1. The van der Waals surface area contributed by atoms with Crippen LogP contribution in [0.2, 0.25) is 0 Å². The van der Waals surface area contributed by atoms with E-state index in [2.05, 4.69) is 55.0 Å². The van der Waals surface area contributed by atoms with E-state index in [1.54, 1.807) is 17.8 Å². The second-order valence-electron chi connectivity index (χ2n) is 5.04. The molecule has 2 aromatic rings. The number of rotatable bonds is 5. The maximum absolute atomic E-state index is 11.7. The summed E-state index contributed by atoms with van der Waals surface area (Å²) in [6.45, 7) is 6.33. The number of aromatic amines is 1. The van der Waals surface area contributed by atoms with Crippen molar-refractivity contribution in [3.8, 4) is 0 Å².